The highest BCUT2D eigenvalue weighted by Crippen LogP contribution is 2.28. The second kappa shape index (κ2) is 13.8. The van der Waals surface area contributed by atoms with Crippen molar-refractivity contribution in [1.82, 2.24) is 10.2 Å². The van der Waals surface area contributed by atoms with Gasteiger partial charge >= 0.3 is 0 Å². The fourth-order valence-corrected chi connectivity index (χ4v) is 6.82. The summed E-state index contributed by atoms with van der Waals surface area (Å²) in [7, 11) is -2.60. The van der Waals surface area contributed by atoms with Crippen LogP contribution < -0.4 is 9.62 Å². The van der Waals surface area contributed by atoms with Crippen molar-refractivity contribution in [1.29, 1.82) is 0 Å². The summed E-state index contributed by atoms with van der Waals surface area (Å²) >= 11 is 3.49. The molecule has 4 aromatic carbocycles. The van der Waals surface area contributed by atoms with E-state index in [1.54, 1.807) is 24.3 Å². The first-order valence-electron chi connectivity index (χ1n) is 13.5. The number of halogens is 1. The van der Waals surface area contributed by atoms with Crippen molar-refractivity contribution in [3.8, 4) is 0 Å². The number of hydrogen-bond acceptors (Lipinski definition) is 4. The van der Waals surface area contributed by atoms with Gasteiger partial charge in [0.1, 0.15) is 12.6 Å². The molecule has 0 aliphatic rings. The van der Waals surface area contributed by atoms with Crippen LogP contribution in [-0.2, 0) is 32.6 Å². The van der Waals surface area contributed by atoms with E-state index in [1.165, 1.54) is 24.1 Å². The molecular weight excluding hydrogens is 614 g/mol. The van der Waals surface area contributed by atoms with E-state index in [4.69, 9.17) is 0 Å². The summed E-state index contributed by atoms with van der Waals surface area (Å²) in [5, 5.41) is 2.70. The Morgan fingerprint density at radius 2 is 1.48 bits per heavy atom. The van der Waals surface area contributed by atoms with E-state index in [2.05, 4.69) is 21.2 Å². The number of sulfonamides is 1. The van der Waals surface area contributed by atoms with Crippen LogP contribution in [0.2, 0.25) is 0 Å². The minimum absolute atomic E-state index is 0.0726. The van der Waals surface area contributed by atoms with Crippen molar-refractivity contribution in [2.24, 2.45) is 0 Å². The fraction of sp³-hybridized carbons (Fsp3) is 0.212. The van der Waals surface area contributed by atoms with Gasteiger partial charge in [0.25, 0.3) is 10.0 Å². The van der Waals surface area contributed by atoms with Crippen LogP contribution in [0, 0.1) is 13.8 Å². The SMILES string of the molecule is CNC(=O)[C@@H](Cc1ccccc1)N(Cc1cccc(Br)c1)C(=O)CN(c1ccc(C)cc1C)S(=O)(=O)c1ccccc1. The number of rotatable bonds is 11. The molecule has 2 amide bonds. The molecule has 1 atom stereocenters. The average molecular weight is 649 g/mol. The zero-order valence-electron chi connectivity index (χ0n) is 23.8. The van der Waals surface area contributed by atoms with Gasteiger partial charge in [-0.1, -0.05) is 94.3 Å². The Bertz CT molecular complexity index is 1650. The number of aryl methyl sites for hydroxylation is 2. The molecular formula is C33H34BrN3O4S. The van der Waals surface area contributed by atoms with Gasteiger partial charge in [0, 0.05) is 24.5 Å². The Kier molecular flexibility index (Phi) is 10.2. The van der Waals surface area contributed by atoms with Gasteiger partial charge in [0.05, 0.1) is 10.6 Å². The summed E-state index contributed by atoms with van der Waals surface area (Å²) < 4.78 is 30.1. The third-order valence-corrected chi connectivity index (χ3v) is 9.26. The molecule has 0 radical (unpaired) electrons. The lowest BCUT2D eigenvalue weighted by atomic mass is 10.0. The zero-order valence-corrected chi connectivity index (χ0v) is 26.2. The summed E-state index contributed by atoms with van der Waals surface area (Å²) in [5.41, 5.74) is 3.76. The molecule has 0 aliphatic heterocycles. The van der Waals surface area contributed by atoms with Gasteiger partial charge in [-0.05, 0) is 60.9 Å². The zero-order chi connectivity index (χ0) is 30.3. The van der Waals surface area contributed by atoms with Crippen molar-refractivity contribution in [3.63, 3.8) is 0 Å². The van der Waals surface area contributed by atoms with E-state index in [-0.39, 0.29) is 23.8 Å². The number of nitrogens with zero attached hydrogens (tertiary/aromatic N) is 2. The molecule has 218 valence electrons. The molecule has 7 nitrogen and oxygen atoms in total. The maximum Gasteiger partial charge on any atom is 0.264 e. The van der Waals surface area contributed by atoms with Crippen molar-refractivity contribution in [2.45, 2.75) is 37.8 Å². The van der Waals surface area contributed by atoms with Crippen molar-refractivity contribution >= 4 is 43.5 Å². The quantitative estimate of drug-likeness (QED) is 0.228. The van der Waals surface area contributed by atoms with Gasteiger partial charge in [0.15, 0.2) is 0 Å². The summed E-state index contributed by atoms with van der Waals surface area (Å²) in [6, 6.07) is 29.5. The third kappa shape index (κ3) is 7.46. The predicted molar refractivity (Wildman–Crippen MR) is 170 cm³/mol. The molecule has 9 heteroatoms. The summed E-state index contributed by atoms with van der Waals surface area (Å²) in [6.07, 6.45) is 0.259. The van der Waals surface area contributed by atoms with Crippen LogP contribution in [0.25, 0.3) is 0 Å². The van der Waals surface area contributed by atoms with Crippen molar-refractivity contribution < 1.29 is 18.0 Å². The standard InChI is InChI=1S/C33H34BrN3O4S/c1-24-17-18-30(25(2)19-24)37(42(40,41)29-15-8-5-9-16-29)23-32(38)36(22-27-13-10-14-28(34)20-27)31(33(39)35-3)21-26-11-6-4-7-12-26/h4-20,31H,21-23H2,1-3H3,(H,35,39)/t31-/m1/s1. The largest absolute Gasteiger partial charge is 0.357 e. The number of amides is 2. The average Bonchev–Trinajstić information content (AvgIpc) is 2.98. The van der Waals surface area contributed by atoms with E-state index >= 15 is 0 Å². The molecule has 1 N–H and O–H groups in total. The van der Waals surface area contributed by atoms with Gasteiger partial charge in [-0.3, -0.25) is 13.9 Å². The van der Waals surface area contributed by atoms with Crippen LogP contribution in [0.1, 0.15) is 22.3 Å². The smallest absolute Gasteiger partial charge is 0.264 e. The van der Waals surface area contributed by atoms with Gasteiger partial charge in [-0.25, -0.2) is 8.42 Å². The lowest BCUT2D eigenvalue weighted by Crippen LogP contribution is -2.53. The Morgan fingerprint density at radius 1 is 0.833 bits per heavy atom. The van der Waals surface area contributed by atoms with Crippen LogP contribution >= 0.6 is 15.9 Å². The molecule has 4 rings (SSSR count). The monoisotopic (exact) mass is 647 g/mol. The summed E-state index contributed by atoms with van der Waals surface area (Å²) in [6.45, 7) is 3.37. The molecule has 0 aliphatic carbocycles. The van der Waals surface area contributed by atoms with Crippen molar-refractivity contribution in [2.75, 3.05) is 17.9 Å². The maximum atomic E-state index is 14.4. The topological polar surface area (TPSA) is 86.8 Å². The summed E-state index contributed by atoms with van der Waals surface area (Å²) in [4.78, 5) is 29.2. The first-order chi connectivity index (χ1) is 20.1. The lowest BCUT2D eigenvalue weighted by Gasteiger charge is -2.34. The van der Waals surface area contributed by atoms with Crippen LogP contribution in [-0.4, -0.2) is 44.8 Å². The molecule has 0 spiro atoms. The second-order valence-electron chi connectivity index (χ2n) is 10.1. The number of hydrogen-bond donors (Lipinski definition) is 1. The van der Waals surface area contributed by atoms with Crippen LogP contribution in [0.15, 0.2) is 112 Å². The minimum atomic E-state index is -4.13. The second-order valence-corrected chi connectivity index (χ2v) is 12.9. The summed E-state index contributed by atoms with van der Waals surface area (Å²) in [5.74, 6) is -0.842. The fourth-order valence-electron chi connectivity index (χ4n) is 4.87. The first-order valence-corrected chi connectivity index (χ1v) is 15.8. The van der Waals surface area contributed by atoms with Crippen LogP contribution in [0.4, 0.5) is 5.69 Å². The molecule has 42 heavy (non-hydrogen) atoms. The van der Waals surface area contributed by atoms with Gasteiger partial charge < -0.3 is 10.2 Å². The molecule has 4 aromatic rings. The van der Waals surface area contributed by atoms with E-state index in [0.717, 1.165) is 25.5 Å². The molecule has 0 saturated heterocycles. The van der Waals surface area contributed by atoms with Crippen molar-refractivity contribution in [3.05, 3.63) is 130 Å². The molecule has 0 saturated carbocycles. The molecule has 0 aromatic heterocycles. The number of nitrogens with one attached hydrogen (secondary N) is 1. The van der Waals surface area contributed by atoms with Gasteiger partial charge in [-0.2, -0.15) is 0 Å². The number of benzene rings is 4. The number of likely N-dealkylation sites (N-methyl/N-ethyl adjacent to an activating group) is 1. The predicted octanol–water partition coefficient (Wildman–Crippen LogP) is 5.65. The van der Waals surface area contributed by atoms with E-state index in [0.29, 0.717) is 11.3 Å². The van der Waals surface area contributed by atoms with E-state index in [1.807, 2.05) is 80.6 Å². The Balaban J connectivity index is 1.81. The number of carbonyl (C=O) groups is 2. The van der Waals surface area contributed by atoms with Gasteiger partial charge in [0.2, 0.25) is 11.8 Å². The Labute approximate surface area is 256 Å². The molecule has 0 fully saturated rings. The third-order valence-electron chi connectivity index (χ3n) is 6.99. The van der Waals surface area contributed by atoms with Gasteiger partial charge in [-0.15, -0.1) is 0 Å². The normalized spacial score (nSPS) is 11.9. The molecule has 0 unspecified atom stereocenters. The Hall–Kier alpha value is -3.95. The first kappa shape index (κ1) is 31.0. The minimum Gasteiger partial charge on any atom is -0.357 e. The van der Waals surface area contributed by atoms with Crippen LogP contribution in [0.3, 0.4) is 0 Å². The number of anilines is 1. The highest BCUT2D eigenvalue weighted by Gasteiger charge is 2.34. The molecule has 0 heterocycles. The Morgan fingerprint density at radius 3 is 2.10 bits per heavy atom. The molecule has 0 bridgehead atoms. The maximum absolute atomic E-state index is 14.4. The number of carbonyl (C=O) groups excluding carboxylic acids is 2. The lowest BCUT2D eigenvalue weighted by molar-refractivity contribution is -0.139. The van der Waals surface area contributed by atoms with E-state index in [9.17, 15) is 18.0 Å². The highest BCUT2D eigenvalue weighted by atomic mass is 79.9. The van der Waals surface area contributed by atoms with E-state index < -0.39 is 28.5 Å². The highest BCUT2D eigenvalue weighted by molar-refractivity contribution is 9.10. The van der Waals surface area contributed by atoms with Crippen LogP contribution in [0.5, 0.6) is 0 Å².